The summed E-state index contributed by atoms with van der Waals surface area (Å²) < 4.78 is 15.8. The number of nitrogens with zero attached hydrogens (tertiary/aromatic N) is 1. The van der Waals surface area contributed by atoms with Gasteiger partial charge in [-0.25, -0.2) is 4.79 Å². The van der Waals surface area contributed by atoms with Gasteiger partial charge in [-0.2, -0.15) is 0 Å². The minimum Gasteiger partial charge on any atom is -0.493 e. The number of amides is 1. The van der Waals surface area contributed by atoms with E-state index in [4.69, 9.17) is 14.2 Å². The molecule has 0 N–H and O–H groups in total. The summed E-state index contributed by atoms with van der Waals surface area (Å²) in [6.07, 6.45) is 1.41. The third-order valence-corrected chi connectivity index (χ3v) is 4.11. The third kappa shape index (κ3) is 3.13. The summed E-state index contributed by atoms with van der Waals surface area (Å²) in [5.41, 5.74) is 2.34. The largest absolute Gasteiger partial charge is 0.493 e. The molecule has 1 unspecified atom stereocenters. The van der Waals surface area contributed by atoms with Crippen LogP contribution in [0.4, 0.5) is 4.79 Å². The first kappa shape index (κ1) is 16.5. The lowest BCUT2D eigenvalue weighted by atomic mass is 9.87. The van der Waals surface area contributed by atoms with Gasteiger partial charge in [0, 0.05) is 6.54 Å². The Kier molecular flexibility index (Phi) is 5.16. The summed E-state index contributed by atoms with van der Waals surface area (Å²) in [6.45, 7) is 4.97. The highest BCUT2D eigenvalue weighted by atomic mass is 16.5. The second-order valence-corrected chi connectivity index (χ2v) is 5.96. The maximum atomic E-state index is 12.1. The predicted molar refractivity (Wildman–Crippen MR) is 84.6 cm³/mol. The monoisotopic (exact) mass is 307 g/mol. The van der Waals surface area contributed by atoms with Crippen LogP contribution in [0.1, 0.15) is 37.4 Å². The van der Waals surface area contributed by atoms with Crippen molar-refractivity contribution in [2.24, 2.45) is 5.92 Å². The van der Waals surface area contributed by atoms with E-state index in [2.05, 4.69) is 13.8 Å². The van der Waals surface area contributed by atoms with Gasteiger partial charge in [0.1, 0.15) is 0 Å². The van der Waals surface area contributed by atoms with Crippen LogP contribution in [0, 0.1) is 5.92 Å². The molecule has 1 aromatic carbocycles. The molecule has 0 spiro atoms. The van der Waals surface area contributed by atoms with Gasteiger partial charge in [-0.3, -0.25) is 0 Å². The highest BCUT2D eigenvalue weighted by molar-refractivity contribution is 5.69. The number of hydrogen-bond donors (Lipinski definition) is 0. The first-order chi connectivity index (χ1) is 10.5. The lowest BCUT2D eigenvalue weighted by molar-refractivity contribution is 0.0947. The molecule has 1 aliphatic rings. The van der Waals surface area contributed by atoms with Crippen LogP contribution in [0.5, 0.6) is 11.5 Å². The molecule has 0 fully saturated rings. The Balaban J connectivity index is 2.47. The number of hydrogen-bond acceptors (Lipinski definition) is 4. The maximum Gasteiger partial charge on any atom is 0.410 e. The lowest BCUT2D eigenvalue weighted by Crippen LogP contribution is -2.40. The van der Waals surface area contributed by atoms with Crippen LogP contribution in [0.2, 0.25) is 0 Å². The molecule has 1 aliphatic heterocycles. The molecule has 0 saturated carbocycles. The van der Waals surface area contributed by atoms with E-state index >= 15 is 0 Å². The van der Waals surface area contributed by atoms with E-state index in [0.29, 0.717) is 18.2 Å². The summed E-state index contributed by atoms with van der Waals surface area (Å²) in [5.74, 6) is 1.90. The summed E-state index contributed by atoms with van der Waals surface area (Å²) in [6, 6.07) is 4.03. The van der Waals surface area contributed by atoms with Crippen molar-refractivity contribution in [2.75, 3.05) is 27.9 Å². The molecule has 0 bridgehead atoms. The predicted octanol–water partition coefficient (Wildman–Crippen LogP) is 3.42. The van der Waals surface area contributed by atoms with Gasteiger partial charge >= 0.3 is 6.09 Å². The fraction of sp³-hybridized carbons (Fsp3) is 0.588. The van der Waals surface area contributed by atoms with Crippen molar-refractivity contribution in [2.45, 2.75) is 32.7 Å². The fourth-order valence-corrected chi connectivity index (χ4v) is 3.06. The van der Waals surface area contributed by atoms with Crippen molar-refractivity contribution in [3.05, 3.63) is 23.3 Å². The zero-order chi connectivity index (χ0) is 16.3. The molecule has 22 heavy (non-hydrogen) atoms. The number of carbonyl (C=O) groups is 1. The molecule has 1 heterocycles. The zero-order valence-electron chi connectivity index (χ0n) is 14.0. The van der Waals surface area contributed by atoms with E-state index in [0.717, 1.165) is 24.2 Å². The van der Waals surface area contributed by atoms with E-state index in [1.807, 2.05) is 17.0 Å². The molecule has 0 radical (unpaired) electrons. The van der Waals surface area contributed by atoms with Crippen LogP contribution in [-0.2, 0) is 11.2 Å². The molecule has 5 heteroatoms. The second kappa shape index (κ2) is 6.90. The molecular formula is C17H25NO4. The van der Waals surface area contributed by atoms with Crippen LogP contribution < -0.4 is 9.47 Å². The Morgan fingerprint density at radius 3 is 2.41 bits per heavy atom. The van der Waals surface area contributed by atoms with E-state index in [1.54, 1.807) is 14.2 Å². The van der Waals surface area contributed by atoms with Gasteiger partial charge in [-0.1, -0.05) is 13.8 Å². The van der Waals surface area contributed by atoms with Crippen molar-refractivity contribution in [3.63, 3.8) is 0 Å². The quantitative estimate of drug-likeness (QED) is 0.855. The highest BCUT2D eigenvalue weighted by Crippen LogP contribution is 2.40. The zero-order valence-corrected chi connectivity index (χ0v) is 14.0. The highest BCUT2D eigenvalue weighted by Gasteiger charge is 2.33. The molecule has 5 nitrogen and oxygen atoms in total. The standard InChI is InChI=1S/C17H25NO4/c1-11(2)8-14-13-10-16(21-4)15(20-3)9-12(13)6-7-18(14)17(19)22-5/h9-11,14H,6-8H2,1-5H3. The van der Waals surface area contributed by atoms with Crippen LogP contribution >= 0.6 is 0 Å². The Morgan fingerprint density at radius 1 is 1.23 bits per heavy atom. The third-order valence-electron chi connectivity index (χ3n) is 4.11. The number of fused-ring (bicyclic) bond motifs is 1. The van der Waals surface area contributed by atoms with Gasteiger partial charge in [0.05, 0.1) is 27.4 Å². The van der Waals surface area contributed by atoms with Crippen molar-refractivity contribution < 1.29 is 19.0 Å². The molecule has 0 aromatic heterocycles. The Bertz CT molecular complexity index is 542. The number of rotatable bonds is 4. The normalized spacial score (nSPS) is 17.2. The molecule has 1 amide bonds. The average molecular weight is 307 g/mol. The van der Waals surface area contributed by atoms with Crippen LogP contribution in [0.25, 0.3) is 0 Å². The van der Waals surface area contributed by atoms with Crippen molar-refractivity contribution >= 4 is 6.09 Å². The van der Waals surface area contributed by atoms with E-state index in [9.17, 15) is 4.79 Å². The van der Waals surface area contributed by atoms with E-state index in [1.165, 1.54) is 12.7 Å². The van der Waals surface area contributed by atoms with Gasteiger partial charge < -0.3 is 19.1 Å². The molecule has 0 aliphatic carbocycles. The van der Waals surface area contributed by atoms with Gasteiger partial charge in [-0.15, -0.1) is 0 Å². The maximum absolute atomic E-state index is 12.1. The molecule has 1 aromatic rings. The summed E-state index contributed by atoms with van der Waals surface area (Å²) >= 11 is 0. The topological polar surface area (TPSA) is 48.0 Å². The van der Waals surface area contributed by atoms with Crippen LogP contribution in [-0.4, -0.2) is 38.9 Å². The van der Waals surface area contributed by atoms with Crippen LogP contribution in [0.3, 0.4) is 0 Å². The molecule has 122 valence electrons. The fourth-order valence-electron chi connectivity index (χ4n) is 3.06. The Labute approximate surface area is 132 Å². The smallest absolute Gasteiger partial charge is 0.410 e. The number of ether oxygens (including phenoxy) is 3. The summed E-state index contributed by atoms with van der Waals surface area (Å²) in [4.78, 5) is 13.9. The Hall–Kier alpha value is -1.91. The van der Waals surface area contributed by atoms with Gasteiger partial charge in [0.25, 0.3) is 0 Å². The minimum atomic E-state index is -0.272. The van der Waals surface area contributed by atoms with Gasteiger partial charge in [0.2, 0.25) is 0 Å². The van der Waals surface area contributed by atoms with Crippen molar-refractivity contribution in [1.82, 2.24) is 4.90 Å². The second-order valence-electron chi connectivity index (χ2n) is 5.96. The van der Waals surface area contributed by atoms with Gasteiger partial charge in [-0.05, 0) is 42.0 Å². The van der Waals surface area contributed by atoms with Crippen LogP contribution in [0.15, 0.2) is 12.1 Å². The number of methoxy groups -OCH3 is 3. The van der Waals surface area contributed by atoms with Crippen molar-refractivity contribution in [3.8, 4) is 11.5 Å². The first-order valence-corrected chi connectivity index (χ1v) is 7.61. The molecule has 0 saturated heterocycles. The van der Waals surface area contributed by atoms with E-state index in [-0.39, 0.29) is 12.1 Å². The van der Waals surface area contributed by atoms with E-state index < -0.39 is 0 Å². The molecule has 1 atom stereocenters. The summed E-state index contributed by atoms with van der Waals surface area (Å²) in [7, 11) is 4.70. The number of benzene rings is 1. The lowest BCUT2D eigenvalue weighted by Gasteiger charge is -2.37. The van der Waals surface area contributed by atoms with Gasteiger partial charge in [0.15, 0.2) is 11.5 Å². The average Bonchev–Trinajstić information content (AvgIpc) is 2.52. The molecule has 2 rings (SSSR count). The summed E-state index contributed by atoms with van der Waals surface area (Å²) in [5, 5.41) is 0. The number of carbonyl (C=O) groups excluding carboxylic acids is 1. The Morgan fingerprint density at radius 2 is 1.86 bits per heavy atom. The van der Waals surface area contributed by atoms with Crippen molar-refractivity contribution in [1.29, 1.82) is 0 Å². The molecular weight excluding hydrogens is 282 g/mol. The first-order valence-electron chi connectivity index (χ1n) is 7.61. The minimum absolute atomic E-state index is 0.0102. The SMILES string of the molecule is COC(=O)N1CCc2cc(OC)c(OC)cc2C1CC(C)C.